The summed E-state index contributed by atoms with van der Waals surface area (Å²) in [5.74, 6) is 0.618. The van der Waals surface area contributed by atoms with Crippen LogP contribution in [0.5, 0.6) is 0 Å². The van der Waals surface area contributed by atoms with Crippen LogP contribution in [0.4, 0.5) is 0 Å². The first kappa shape index (κ1) is 19.1. The maximum Gasteiger partial charge on any atom is 0.0889 e. The summed E-state index contributed by atoms with van der Waals surface area (Å²) in [4.78, 5) is 9.74. The minimum absolute atomic E-state index is 0.0371. The Hall–Kier alpha value is -1.27. The van der Waals surface area contributed by atoms with Crippen LogP contribution in [0, 0.1) is 5.92 Å². The molecule has 0 unspecified atom stereocenters. The van der Waals surface area contributed by atoms with Gasteiger partial charge in [-0.05, 0) is 47.9 Å². The Labute approximate surface area is 148 Å². The normalized spacial score (nSPS) is 11.9. The molecule has 0 radical (unpaired) electrons. The van der Waals surface area contributed by atoms with Crippen LogP contribution < -0.4 is 0 Å². The van der Waals surface area contributed by atoms with Gasteiger partial charge >= 0.3 is 0 Å². The van der Waals surface area contributed by atoms with E-state index >= 15 is 0 Å². The van der Waals surface area contributed by atoms with E-state index in [2.05, 4.69) is 77.9 Å². The molecule has 0 atom stereocenters. The molecule has 0 aliphatic heterocycles. The van der Waals surface area contributed by atoms with Crippen molar-refractivity contribution >= 4 is 7.92 Å². The zero-order valence-corrected chi connectivity index (χ0v) is 16.8. The predicted octanol–water partition coefficient (Wildman–Crippen LogP) is 6.14. The van der Waals surface area contributed by atoms with Crippen LogP contribution in [-0.4, -0.2) is 21.3 Å². The lowest BCUT2D eigenvalue weighted by molar-refractivity contribution is 0.636. The van der Waals surface area contributed by atoms with Gasteiger partial charge in [-0.15, -0.1) is 0 Å². The molecule has 0 saturated heterocycles. The van der Waals surface area contributed by atoms with Crippen molar-refractivity contribution in [3.05, 3.63) is 47.8 Å². The van der Waals surface area contributed by atoms with Gasteiger partial charge in [0, 0.05) is 17.5 Å². The first-order valence-electron chi connectivity index (χ1n) is 9.04. The summed E-state index contributed by atoms with van der Waals surface area (Å²) in [7, 11) is -0.0371. The van der Waals surface area contributed by atoms with Crippen molar-refractivity contribution in [3.8, 4) is 11.4 Å². The maximum atomic E-state index is 4.92. The van der Waals surface area contributed by atoms with Crippen LogP contribution in [0.15, 0.2) is 36.4 Å². The van der Waals surface area contributed by atoms with Gasteiger partial charge in [0.2, 0.25) is 0 Å². The quantitative estimate of drug-likeness (QED) is 0.565. The van der Waals surface area contributed by atoms with Crippen LogP contribution in [0.1, 0.15) is 52.9 Å². The van der Waals surface area contributed by atoms with Crippen molar-refractivity contribution < 1.29 is 0 Å². The second-order valence-corrected chi connectivity index (χ2v) is 10.9. The standard InChI is InChI=1S/C21H31N2P/c1-15(2)13-18-9-7-11-20(22-18)21-12-8-10-19(23-21)14-24(16(3)4)17(5)6/h7-12,15-17H,13-14H2,1-6H3. The summed E-state index contributed by atoms with van der Waals surface area (Å²) in [5.41, 5.74) is 5.82. The molecule has 0 fully saturated rings. The molecule has 2 aromatic heterocycles. The highest BCUT2D eigenvalue weighted by Gasteiger charge is 2.18. The maximum absolute atomic E-state index is 4.92. The zero-order chi connectivity index (χ0) is 17.7. The average Bonchev–Trinajstić information content (AvgIpc) is 2.52. The smallest absolute Gasteiger partial charge is 0.0889 e. The molecule has 0 aliphatic carbocycles. The monoisotopic (exact) mass is 342 g/mol. The fourth-order valence-electron chi connectivity index (χ4n) is 3.01. The highest BCUT2D eigenvalue weighted by atomic mass is 31.1. The number of rotatable bonds is 7. The van der Waals surface area contributed by atoms with Gasteiger partial charge in [-0.3, -0.25) is 9.97 Å². The summed E-state index contributed by atoms with van der Waals surface area (Å²) in [6.07, 6.45) is 2.11. The van der Waals surface area contributed by atoms with E-state index in [0.717, 1.165) is 41.0 Å². The van der Waals surface area contributed by atoms with Crippen molar-refractivity contribution in [2.24, 2.45) is 5.92 Å². The molecule has 2 nitrogen and oxygen atoms in total. The summed E-state index contributed by atoms with van der Waals surface area (Å²) in [5, 5.41) is 0. The van der Waals surface area contributed by atoms with Gasteiger partial charge in [-0.25, -0.2) is 0 Å². The third-order valence-corrected chi connectivity index (χ3v) is 7.51. The second-order valence-electron chi connectivity index (χ2n) is 7.49. The second kappa shape index (κ2) is 8.72. The Bertz CT molecular complexity index is 642. The number of nitrogens with zero attached hydrogens (tertiary/aromatic N) is 2. The molecular weight excluding hydrogens is 311 g/mol. The number of hydrogen-bond donors (Lipinski definition) is 0. The molecule has 0 N–H and O–H groups in total. The lowest BCUT2D eigenvalue weighted by atomic mass is 10.1. The fraction of sp³-hybridized carbons (Fsp3) is 0.524. The molecule has 2 rings (SSSR count). The van der Waals surface area contributed by atoms with Crippen LogP contribution in [0.2, 0.25) is 0 Å². The number of hydrogen-bond acceptors (Lipinski definition) is 2. The number of pyridine rings is 2. The molecular formula is C21H31N2P. The summed E-state index contributed by atoms with van der Waals surface area (Å²) >= 11 is 0. The van der Waals surface area contributed by atoms with Crippen molar-refractivity contribution in [1.29, 1.82) is 0 Å². The largest absolute Gasteiger partial charge is 0.251 e. The Balaban J connectivity index is 2.24. The van der Waals surface area contributed by atoms with Gasteiger partial charge in [0.05, 0.1) is 11.4 Å². The molecule has 0 aliphatic rings. The van der Waals surface area contributed by atoms with E-state index in [4.69, 9.17) is 9.97 Å². The lowest BCUT2D eigenvalue weighted by Gasteiger charge is -2.25. The minimum atomic E-state index is -0.0371. The van der Waals surface area contributed by atoms with Crippen LogP contribution in [0.3, 0.4) is 0 Å². The molecule has 2 heterocycles. The Morgan fingerprint density at radius 1 is 0.750 bits per heavy atom. The van der Waals surface area contributed by atoms with Gasteiger partial charge in [-0.2, -0.15) is 0 Å². The molecule has 2 aromatic rings. The molecule has 24 heavy (non-hydrogen) atoms. The third kappa shape index (κ3) is 5.38. The van der Waals surface area contributed by atoms with E-state index in [1.165, 1.54) is 5.69 Å². The van der Waals surface area contributed by atoms with Gasteiger partial charge in [0.25, 0.3) is 0 Å². The van der Waals surface area contributed by atoms with Crippen LogP contribution >= 0.6 is 7.92 Å². The molecule has 0 spiro atoms. The van der Waals surface area contributed by atoms with Gasteiger partial charge in [0.15, 0.2) is 0 Å². The predicted molar refractivity (Wildman–Crippen MR) is 107 cm³/mol. The summed E-state index contributed by atoms with van der Waals surface area (Å²) in [6.45, 7) is 13.8. The van der Waals surface area contributed by atoms with Crippen molar-refractivity contribution in [1.82, 2.24) is 9.97 Å². The van der Waals surface area contributed by atoms with Crippen molar-refractivity contribution in [3.63, 3.8) is 0 Å². The summed E-state index contributed by atoms with van der Waals surface area (Å²) in [6, 6.07) is 12.7. The highest BCUT2D eigenvalue weighted by Crippen LogP contribution is 2.48. The van der Waals surface area contributed by atoms with E-state index < -0.39 is 0 Å². The van der Waals surface area contributed by atoms with E-state index in [0.29, 0.717) is 5.92 Å². The summed E-state index contributed by atoms with van der Waals surface area (Å²) < 4.78 is 0. The van der Waals surface area contributed by atoms with Crippen LogP contribution in [-0.2, 0) is 12.6 Å². The molecule has 3 heteroatoms. The van der Waals surface area contributed by atoms with Crippen molar-refractivity contribution in [2.45, 2.75) is 65.4 Å². The van der Waals surface area contributed by atoms with E-state index in [1.54, 1.807) is 0 Å². The van der Waals surface area contributed by atoms with E-state index in [1.807, 2.05) is 0 Å². The average molecular weight is 342 g/mol. The first-order valence-corrected chi connectivity index (χ1v) is 10.7. The third-order valence-electron chi connectivity index (χ3n) is 4.16. The Morgan fingerprint density at radius 3 is 1.75 bits per heavy atom. The molecule has 0 aromatic carbocycles. The van der Waals surface area contributed by atoms with Crippen molar-refractivity contribution in [2.75, 3.05) is 0 Å². The molecule has 0 saturated carbocycles. The highest BCUT2D eigenvalue weighted by molar-refractivity contribution is 7.58. The minimum Gasteiger partial charge on any atom is -0.251 e. The SMILES string of the molecule is CC(C)Cc1cccc(-c2cccc(CP(C(C)C)C(C)C)n2)n1. The van der Waals surface area contributed by atoms with Gasteiger partial charge < -0.3 is 0 Å². The lowest BCUT2D eigenvalue weighted by Crippen LogP contribution is -2.06. The number of aromatic nitrogens is 2. The van der Waals surface area contributed by atoms with Crippen LogP contribution in [0.25, 0.3) is 11.4 Å². The van der Waals surface area contributed by atoms with E-state index in [9.17, 15) is 0 Å². The fourth-order valence-corrected chi connectivity index (χ4v) is 5.49. The first-order chi connectivity index (χ1) is 11.4. The van der Waals surface area contributed by atoms with E-state index in [-0.39, 0.29) is 7.92 Å². The van der Waals surface area contributed by atoms with Gasteiger partial charge in [-0.1, -0.05) is 61.6 Å². The Morgan fingerprint density at radius 2 is 1.25 bits per heavy atom. The topological polar surface area (TPSA) is 25.8 Å². The Kier molecular flexibility index (Phi) is 6.92. The zero-order valence-electron chi connectivity index (χ0n) is 16.0. The molecule has 130 valence electrons. The molecule has 0 amide bonds. The molecule has 0 bridgehead atoms. The van der Waals surface area contributed by atoms with Gasteiger partial charge in [0.1, 0.15) is 0 Å².